The summed E-state index contributed by atoms with van der Waals surface area (Å²) in [6.07, 6.45) is 8.63. The first kappa shape index (κ1) is 13.3. The normalized spacial score (nSPS) is 19.4. The Morgan fingerprint density at radius 3 is 2.95 bits per heavy atom. The third-order valence-electron chi connectivity index (χ3n) is 3.72. The summed E-state index contributed by atoms with van der Waals surface area (Å²) in [6, 6.07) is 4.68. The molecular weight excluding hydrogens is 268 g/mol. The van der Waals surface area contributed by atoms with Crippen LogP contribution in [0.2, 0.25) is 0 Å². The maximum absolute atomic E-state index is 12.0. The van der Waals surface area contributed by atoms with Crippen molar-refractivity contribution in [2.45, 2.75) is 19.4 Å². The number of nitro groups is 1. The summed E-state index contributed by atoms with van der Waals surface area (Å²) in [4.78, 5) is 22.5. The molecule has 5 nitrogen and oxygen atoms in total. The van der Waals surface area contributed by atoms with Crippen LogP contribution < -0.4 is 5.32 Å². The number of carbonyl (C=O) groups is 1. The van der Waals surface area contributed by atoms with Crippen LogP contribution in [0.4, 0.5) is 11.4 Å². The van der Waals surface area contributed by atoms with E-state index in [-0.39, 0.29) is 17.5 Å². The molecule has 0 radical (unpaired) electrons. The fourth-order valence-corrected chi connectivity index (χ4v) is 2.65. The fourth-order valence-electron chi connectivity index (χ4n) is 2.65. The SMILES string of the molecule is CC(=O)C1=CC2=CC=CCC2Nc2ccc([N+](=O)[O-])cc21. The lowest BCUT2D eigenvalue weighted by molar-refractivity contribution is -0.384. The second-order valence-corrected chi connectivity index (χ2v) is 5.13. The van der Waals surface area contributed by atoms with Gasteiger partial charge in [0.1, 0.15) is 0 Å². The topological polar surface area (TPSA) is 72.2 Å². The maximum Gasteiger partial charge on any atom is 0.270 e. The highest BCUT2D eigenvalue weighted by Gasteiger charge is 2.24. The van der Waals surface area contributed by atoms with Gasteiger partial charge in [0.15, 0.2) is 5.78 Å². The lowest BCUT2D eigenvalue weighted by Crippen LogP contribution is -2.21. The summed E-state index contributed by atoms with van der Waals surface area (Å²) in [5, 5.41) is 14.3. The maximum atomic E-state index is 12.0. The molecule has 1 atom stereocenters. The van der Waals surface area contributed by atoms with Crippen LogP contribution in [0.5, 0.6) is 0 Å². The molecule has 1 aromatic rings. The molecule has 21 heavy (non-hydrogen) atoms. The Hall–Kier alpha value is -2.69. The van der Waals surface area contributed by atoms with E-state index in [9.17, 15) is 14.9 Å². The van der Waals surface area contributed by atoms with Gasteiger partial charge >= 0.3 is 0 Å². The van der Waals surface area contributed by atoms with Crippen molar-refractivity contribution in [2.24, 2.45) is 0 Å². The summed E-state index contributed by atoms with van der Waals surface area (Å²) in [7, 11) is 0. The zero-order valence-electron chi connectivity index (χ0n) is 11.5. The highest BCUT2D eigenvalue weighted by atomic mass is 16.6. The molecule has 1 N–H and O–H groups in total. The van der Waals surface area contributed by atoms with Crippen molar-refractivity contribution in [1.82, 2.24) is 0 Å². The van der Waals surface area contributed by atoms with Crippen LogP contribution in [0.3, 0.4) is 0 Å². The molecule has 5 heteroatoms. The highest BCUT2D eigenvalue weighted by Crippen LogP contribution is 2.35. The van der Waals surface area contributed by atoms with E-state index in [1.54, 1.807) is 6.07 Å². The summed E-state index contributed by atoms with van der Waals surface area (Å²) < 4.78 is 0. The number of ketones is 1. The number of Topliss-reactive ketones (excluding diaryl/α,β-unsaturated/α-hetero) is 1. The molecule has 2 aliphatic rings. The van der Waals surface area contributed by atoms with Crippen LogP contribution >= 0.6 is 0 Å². The summed E-state index contributed by atoms with van der Waals surface area (Å²) in [6.45, 7) is 1.48. The van der Waals surface area contributed by atoms with Gasteiger partial charge in [0.2, 0.25) is 0 Å². The molecule has 1 heterocycles. The average molecular weight is 282 g/mol. The van der Waals surface area contributed by atoms with Gasteiger partial charge in [-0.15, -0.1) is 0 Å². The minimum Gasteiger partial charge on any atom is -0.377 e. The lowest BCUT2D eigenvalue weighted by atomic mass is 9.95. The van der Waals surface area contributed by atoms with Crippen molar-refractivity contribution >= 4 is 22.7 Å². The highest BCUT2D eigenvalue weighted by molar-refractivity contribution is 6.22. The summed E-state index contributed by atoms with van der Waals surface area (Å²) in [5.74, 6) is -0.102. The molecule has 106 valence electrons. The number of nitro benzene ring substituents is 1. The van der Waals surface area contributed by atoms with E-state index in [4.69, 9.17) is 0 Å². The van der Waals surface area contributed by atoms with E-state index < -0.39 is 4.92 Å². The number of rotatable bonds is 2. The third-order valence-corrected chi connectivity index (χ3v) is 3.72. The van der Waals surface area contributed by atoms with Crippen LogP contribution in [0.25, 0.3) is 5.57 Å². The Labute approximate surface area is 121 Å². The summed E-state index contributed by atoms with van der Waals surface area (Å²) in [5.41, 5.74) is 2.85. The van der Waals surface area contributed by atoms with Gasteiger partial charge in [0.05, 0.1) is 11.0 Å². The first-order valence-electron chi connectivity index (χ1n) is 6.71. The molecular formula is C16H14N2O3. The van der Waals surface area contributed by atoms with Crippen molar-refractivity contribution in [3.05, 3.63) is 63.8 Å². The number of carbonyl (C=O) groups excluding carboxylic acids is 1. The molecule has 3 rings (SSSR count). The predicted molar refractivity (Wildman–Crippen MR) is 81.0 cm³/mol. The minimum absolute atomic E-state index is 0.0142. The van der Waals surface area contributed by atoms with Gasteiger partial charge < -0.3 is 5.32 Å². The van der Waals surface area contributed by atoms with E-state index in [0.717, 1.165) is 17.7 Å². The Kier molecular flexibility index (Phi) is 3.17. The van der Waals surface area contributed by atoms with Gasteiger partial charge in [0, 0.05) is 29.0 Å². The van der Waals surface area contributed by atoms with Crippen LogP contribution in [0.15, 0.2) is 48.1 Å². The Morgan fingerprint density at radius 2 is 2.24 bits per heavy atom. The number of benzene rings is 1. The number of hydrogen-bond donors (Lipinski definition) is 1. The van der Waals surface area contributed by atoms with Crippen molar-refractivity contribution in [1.29, 1.82) is 0 Å². The number of fused-ring (bicyclic) bond motifs is 2. The lowest BCUT2D eigenvalue weighted by Gasteiger charge is -2.20. The monoisotopic (exact) mass is 282 g/mol. The van der Waals surface area contributed by atoms with E-state index in [1.165, 1.54) is 19.1 Å². The minimum atomic E-state index is -0.448. The fraction of sp³-hybridized carbons (Fsp3) is 0.188. The number of non-ortho nitro benzene ring substituents is 1. The number of allylic oxidation sites excluding steroid dienone is 3. The van der Waals surface area contributed by atoms with E-state index in [0.29, 0.717) is 11.1 Å². The number of anilines is 1. The van der Waals surface area contributed by atoms with Crippen molar-refractivity contribution in [3.8, 4) is 0 Å². The molecule has 0 amide bonds. The smallest absolute Gasteiger partial charge is 0.270 e. The second kappa shape index (κ2) is 5.01. The summed E-state index contributed by atoms with van der Waals surface area (Å²) >= 11 is 0. The Balaban J connectivity index is 2.20. The van der Waals surface area contributed by atoms with Gasteiger partial charge in [-0.2, -0.15) is 0 Å². The Bertz CT molecular complexity index is 729. The van der Waals surface area contributed by atoms with Crippen LogP contribution in [0, 0.1) is 10.1 Å². The largest absolute Gasteiger partial charge is 0.377 e. The molecule has 0 saturated carbocycles. The van der Waals surface area contributed by atoms with Crippen molar-refractivity contribution in [3.63, 3.8) is 0 Å². The van der Waals surface area contributed by atoms with E-state index in [2.05, 4.69) is 11.4 Å². The number of hydrogen-bond acceptors (Lipinski definition) is 4. The molecule has 1 unspecified atom stereocenters. The van der Waals surface area contributed by atoms with Crippen LogP contribution in [-0.4, -0.2) is 16.7 Å². The third kappa shape index (κ3) is 2.38. The predicted octanol–water partition coefficient (Wildman–Crippen LogP) is 3.25. The molecule has 0 saturated heterocycles. The van der Waals surface area contributed by atoms with E-state index >= 15 is 0 Å². The van der Waals surface area contributed by atoms with Gasteiger partial charge in [-0.05, 0) is 31.1 Å². The Morgan fingerprint density at radius 1 is 1.43 bits per heavy atom. The van der Waals surface area contributed by atoms with Gasteiger partial charge in [0.25, 0.3) is 5.69 Å². The quantitative estimate of drug-likeness (QED) is 0.667. The molecule has 0 bridgehead atoms. The zero-order valence-corrected chi connectivity index (χ0v) is 11.5. The first-order valence-corrected chi connectivity index (χ1v) is 6.71. The van der Waals surface area contributed by atoms with Gasteiger partial charge in [-0.3, -0.25) is 14.9 Å². The molecule has 1 aliphatic heterocycles. The number of nitrogens with zero attached hydrogens (tertiary/aromatic N) is 1. The number of nitrogens with one attached hydrogen (secondary N) is 1. The first-order chi connectivity index (χ1) is 10.1. The van der Waals surface area contributed by atoms with Crippen LogP contribution in [0.1, 0.15) is 18.9 Å². The van der Waals surface area contributed by atoms with Crippen molar-refractivity contribution < 1.29 is 9.72 Å². The van der Waals surface area contributed by atoms with E-state index in [1.807, 2.05) is 18.2 Å². The zero-order chi connectivity index (χ0) is 15.0. The standard InChI is InChI=1S/C16H14N2O3/c1-10(19)13-8-11-4-2-3-5-15(11)17-16-7-6-12(18(20)21)9-14(13)16/h2-4,6-9,15,17H,5H2,1H3. The van der Waals surface area contributed by atoms with Gasteiger partial charge in [-0.1, -0.05) is 18.2 Å². The van der Waals surface area contributed by atoms with Crippen molar-refractivity contribution in [2.75, 3.05) is 5.32 Å². The van der Waals surface area contributed by atoms with Gasteiger partial charge in [-0.25, -0.2) is 0 Å². The van der Waals surface area contributed by atoms with Crippen LogP contribution in [-0.2, 0) is 4.79 Å². The molecule has 1 aliphatic carbocycles. The molecule has 0 aromatic heterocycles. The average Bonchev–Trinajstić information content (AvgIpc) is 2.62. The second-order valence-electron chi connectivity index (χ2n) is 5.13. The molecule has 0 fully saturated rings. The molecule has 0 spiro atoms. The molecule has 1 aromatic carbocycles.